The van der Waals surface area contributed by atoms with Gasteiger partial charge in [0.05, 0.1) is 17.6 Å². The van der Waals surface area contributed by atoms with Gasteiger partial charge in [0.15, 0.2) is 11.5 Å². The molecule has 9 nitrogen and oxygen atoms in total. The zero-order valence-corrected chi connectivity index (χ0v) is 17.8. The van der Waals surface area contributed by atoms with Crippen molar-refractivity contribution in [2.75, 3.05) is 33.8 Å². The molecule has 2 heterocycles. The summed E-state index contributed by atoms with van der Waals surface area (Å²) in [6.45, 7) is 0.501. The van der Waals surface area contributed by atoms with Crippen molar-refractivity contribution in [1.29, 1.82) is 0 Å². The fourth-order valence-electron chi connectivity index (χ4n) is 6.81. The van der Waals surface area contributed by atoms with E-state index in [-0.39, 0.29) is 36.4 Å². The number of carboxylic acids is 1. The van der Waals surface area contributed by atoms with Gasteiger partial charge in [0, 0.05) is 24.8 Å². The van der Waals surface area contributed by atoms with Gasteiger partial charge in [-0.3, -0.25) is 9.59 Å². The highest BCUT2D eigenvalue weighted by molar-refractivity contribution is 5.82. The molecule has 168 valence electrons. The molecule has 1 amide bonds. The second kappa shape index (κ2) is 7.08. The highest BCUT2D eigenvalue weighted by atomic mass is 16.5. The topological polar surface area (TPSA) is 120 Å². The van der Waals surface area contributed by atoms with E-state index in [0.29, 0.717) is 5.75 Å². The minimum atomic E-state index is -1.08. The normalized spacial score (nSPS) is 35.2. The molecule has 2 bridgehead atoms. The molecule has 1 aromatic carbocycles. The molecule has 1 spiro atoms. The van der Waals surface area contributed by atoms with Crippen molar-refractivity contribution in [3.8, 4) is 11.5 Å². The predicted octanol–water partition coefficient (Wildman–Crippen LogP) is -0.0108. The van der Waals surface area contributed by atoms with Gasteiger partial charge in [-0.2, -0.15) is 0 Å². The Labute approximate surface area is 180 Å². The summed E-state index contributed by atoms with van der Waals surface area (Å²) in [5, 5.41) is 25.1. The number of aromatic hydroxyl groups is 1. The number of nitrogens with zero attached hydrogens (tertiary/aromatic N) is 1. The molecule has 1 unspecified atom stereocenters. The molecule has 9 heteroatoms. The molecule has 31 heavy (non-hydrogen) atoms. The number of carboxylic acid groups (broad SMARTS) is 1. The number of hydrogen-bond acceptors (Lipinski definition) is 7. The van der Waals surface area contributed by atoms with E-state index >= 15 is 0 Å². The van der Waals surface area contributed by atoms with Crippen molar-refractivity contribution in [1.82, 2.24) is 15.5 Å². The van der Waals surface area contributed by atoms with E-state index in [1.165, 1.54) is 5.56 Å². The van der Waals surface area contributed by atoms with E-state index in [4.69, 9.17) is 14.6 Å². The fraction of sp³-hybridized carbons (Fsp3) is 0.636. The van der Waals surface area contributed by atoms with Gasteiger partial charge < -0.3 is 35.2 Å². The van der Waals surface area contributed by atoms with Crippen molar-refractivity contribution in [2.24, 2.45) is 0 Å². The third-order valence-electron chi connectivity index (χ3n) is 8.02. The lowest BCUT2D eigenvalue weighted by molar-refractivity contribution is -0.203. The van der Waals surface area contributed by atoms with E-state index in [1.807, 2.05) is 6.07 Å². The maximum atomic E-state index is 12.1. The average Bonchev–Trinajstić information content (AvgIpc) is 3.11. The third kappa shape index (κ3) is 2.66. The van der Waals surface area contributed by atoms with Crippen LogP contribution in [0.3, 0.4) is 0 Å². The third-order valence-corrected chi connectivity index (χ3v) is 8.02. The maximum absolute atomic E-state index is 12.1. The molecule has 2 aliphatic carbocycles. The Morgan fingerprint density at radius 1 is 1.32 bits per heavy atom. The second-order valence-corrected chi connectivity index (χ2v) is 9.20. The van der Waals surface area contributed by atoms with Crippen LogP contribution in [-0.2, 0) is 26.2 Å². The number of methoxy groups -OCH3 is 1. The number of rotatable bonds is 6. The van der Waals surface area contributed by atoms with Crippen LogP contribution in [0.1, 0.15) is 30.4 Å². The van der Waals surface area contributed by atoms with Gasteiger partial charge in [0.25, 0.3) is 0 Å². The number of benzene rings is 1. The SMILES string of the molecule is CO[C@@]12CC[C@@H](NCC(=O)NCC(=O)O)C3Oc4c(O)ccc5c4[C@@]31CCN(C)[C@@H]2C5. The number of phenols is 1. The summed E-state index contributed by atoms with van der Waals surface area (Å²) in [6.07, 6.45) is 2.96. The summed E-state index contributed by atoms with van der Waals surface area (Å²) in [5.74, 6) is -0.752. The van der Waals surface area contributed by atoms with Gasteiger partial charge >= 0.3 is 5.97 Å². The van der Waals surface area contributed by atoms with Crippen LogP contribution in [-0.4, -0.2) is 84.6 Å². The van der Waals surface area contributed by atoms with Crippen LogP contribution < -0.4 is 15.4 Å². The van der Waals surface area contributed by atoms with E-state index in [0.717, 1.165) is 37.8 Å². The van der Waals surface area contributed by atoms with Crippen molar-refractivity contribution in [3.05, 3.63) is 23.3 Å². The van der Waals surface area contributed by atoms with Crippen molar-refractivity contribution in [3.63, 3.8) is 0 Å². The number of amides is 1. The fourth-order valence-corrected chi connectivity index (χ4v) is 6.81. The monoisotopic (exact) mass is 431 g/mol. The number of ether oxygens (including phenoxy) is 2. The maximum Gasteiger partial charge on any atom is 0.322 e. The van der Waals surface area contributed by atoms with Crippen molar-refractivity contribution >= 4 is 11.9 Å². The molecule has 1 aromatic rings. The molecule has 5 atom stereocenters. The largest absolute Gasteiger partial charge is 0.504 e. The van der Waals surface area contributed by atoms with Crippen LogP contribution in [0.15, 0.2) is 12.1 Å². The van der Waals surface area contributed by atoms with Crippen LogP contribution in [0.2, 0.25) is 0 Å². The number of likely N-dealkylation sites (N-methyl/N-ethyl adjacent to an activating group) is 1. The first-order valence-electron chi connectivity index (χ1n) is 10.8. The molecule has 4 aliphatic rings. The Bertz CT molecular complexity index is 938. The Kier molecular flexibility index (Phi) is 4.69. The Morgan fingerprint density at radius 2 is 2.13 bits per heavy atom. The summed E-state index contributed by atoms with van der Waals surface area (Å²) in [5.41, 5.74) is 1.43. The first-order chi connectivity index (χ1) is 14.8. The molecule has 2 fully saturated rings. The number of aliphatic carboxylic acids is 1. The van der Waals surface area contributed by atoms with Gasteiger partial charge in [-0.05, 0) is 50.9 Å². The standard InChI is InChI=1S/C22H29N3O6/c1-25-8-7-21-18-12-3-4-14(26)19(18)31-20(21)13(23-10-16(27)24-11-17(28)29)5-6-22(21,30-2)15(25)9-12/h3-4,13,15,20,23,26H,5-11H2,1-2H3,(H,24,27)(H,28,29)/t13-,15-,20?,21+,22-/m1/s1. The lowest BCUT2D eigenvalue weighted by Gasteiger charge is -2.65. The predicted molar refractivity (Wildman–Crippen MR) is 110 cm³/mol. The van der Waals surface area contributed by atoms with Crippen LogP contribution in [0.5, 0.6) is 11.5 Å². The number of nitrogens with one attached hydrogen (secondary N) is 2. The molecule has 2 aliphatic heterocycles. The van der Waals surface area contributed by atoms with E-state index in [2.05, 4.69) is 22.6 Å². The molecule has 1 saturated carbocycles. The van der Waals surface area contributed by atoms with Crippen molar-refractivity contribution in [2.45, 2.75) is 54.9 Å². The van der Waals surface area contributed by atoms with Gasteiger partial charge in [-0.1, -0.05) is 6.07 Å². The smallest absolute Gasteiger partial charge is 0.322 e. The zero-order valence-electron chi connectivity index (χ0n) is 17.8. The Morgan fingerprint density at radius 3 is 2.87 bits per heavy atom. The van der Waals surface area contributed by atoms with E-state index in [1.54, 1.807) is 13.2 Å². The number of likely N-dealkylation sites (tertiary alicyclic amines) is 1. The number of carbonyl (C=O) groups is 2. The van der Waals surface area contributed by atoms with Crippen LogP contribution in [0, 0.1) is 0 Å². The highest BCUT2D eigenvalue weighted by Crippen LogP contribution is 2.66. The summed E-state index contributed by atoms with van der Waals surface area (Å²) < 4.78 is 12.9. The minimum Gasteiger partial charge on any atom is -0.504 e. The highest BCUT2D eigenvalue weighted by Gasteiger charge is 2.73. The second-order valence-electron chi connectivity index (χ2n) is 9.20. The number of carbonyl (C=O) groups excluding carboxylic acids is 1. The molecular formula is C22H29N3O6. The average molecular weight is 431 g/mol. The lowest BCUT2D eigenvalue weighted by Crippen LogP contribution is -2.78. The summed E-state index contributed by atoms with van der Waals surface area (Å²) in [7, 11) is 3.93. The summed E-state index contributed by atoms with van der Waals surface area (Å²) in [4.78, 5) is 25.2. The Balaban J connectivity index is 1.51. The van der Waals surface area contributed by atoms with Gasteiger partial charge in [0.2, 0.25) is 5.91 Å². The number of hydrogen-bond donors (Lipinski definition) is 4. The molecule has 1 saturated heterocycles. The molecule has 0 aromatic heterocycles. The molecule has 4 N–H and O–H groups in total. The number of piperidine rings is 1. The van der Waals surface area contributed by atoms with Crippen molar-refractivity contribution < 1.29 is 29.3 Å². The van der Waals surface area contributed by atoms with Gasteiger partial charge in [-0.25, -0.2) is 0 Å². The number of phenolic OH excluding ortho intramolecular Hbond substituents is 1. The van der Waals surface area contributed by atoms with Crippen LogP contribution in [0.4, 0.5) is 0 Å². The van der Waals surface area contributed by atoms with E-state index in [9.17, 15) is 14.7 Å². The van der Waals surface area contributed by atoms with Crippen LogP contribution in [0.25, 0.3) is 0 Å². The first-order valence-corrected chi connectivity index (χ1v) is 10.8. The van der Waals surface area contributed by atoms with Crippen LogP contribution >= 0.6 is 0 Å². The Hall–Kier alpha value is -2.36. The minimum absolute atomic E-state index is 0.00633. The summed E-state index contributed by atoms with van der Waals surface area (Å²) >= 11 is 0. The lowest BCUT2D eigenvalue weighted by atomic mass is 9.48. The first kappa shape index (κ1) is 20.5. The zero-order chi connectivity index (χ0) is 22.0. The van der Waals surface area contributed by atoms with Gasteiger partial charge in [-0.15, -0.1) is 0 Å². The molecule has 5 rings (SSSR count). The summed E-state index contributed by atoms with van der Waals surface area (Å²) in [6, 6.07) is 3.80. The molecule has 0 radical (unpaired) electrons. The molecular weight excluding hydrogens is 402 g/mol. The quantitative estimate of drug-likeness (QED) is 0.497. The van der Waals surface area contributed by atoms with E-state index < -0.39 is 23.5 Å². The van der Waals surface area contributed by atoms with Gasteiger partial charge in [0.1, 0.15) is 12.6 Å².